The standard InChI is InChI=1S/C19H23N3O5S/c1-3-6-22(2)18(25)11-8-12(23)16(24)15-17(11)28-19(21-15)20-10-4-5-13-14(7-10)27-9-26-13/h3-5,7,11-12,15-17,23-24H,1,6,8-9H2,2H3,(H,20,21). The minimum absolute atomic E-state index is 0.0760. The van der Waals surface area contributed by atoms with E-state index in [9.17, 15) is 15.0 Å². The van der Waals surface area contributed by atoms with Gasteiger partial charge in [0.2, 0.25) is 12.7 Å². The summed E-state index contributed by atoms with van der Waals surface area (Å²) in [7, 11) is 1.71. The number of hydrogen-bond donors (Lipinski definition) is 3. The van der Waals surface area contributed by atoms with Crippen molar-refractivity contribution in [1.82, 2.24) is 4.90 Å². The van der Waals surface area contributed by atoms with Gasteiger partial charge in [-0.2, -0.15) is 0 Å². The zero-order valence-corrected chi connectivity index (χ0v) is 16.3. The first kappa shape index (κ1) is 19.1. The highest BCUT2D eigenvalue weighted by molar-refractivity contribution is 8.15. The first-order chi connectivity index (χ1) is 13.5. The van der Waals surface area contributed by atoms with E-state index in [-0.39, 0.29) is 24.4 Å². The Kier molecular flexibility index (Phi) is 5.22. The third-order valence-electron chi connectivity index (χ3n) is 5.21. The van der Waals surface area contributed by atoms with E-state index in [4.69, 9.17) is 9.47 Å². The maximum atomic E-state index is 12.8. The molecule has 8 nitrogen and oxygen atoms in total. The van der Waals surface area contributed by atoms with Crippen LogP contribution in [0.15, 0.2) is 35.8 Å². The molecule has 0 bridgehead atoms. The summed E-state index contributed by atoms with van der Waals surface area (Å²) in [5.74, 6) is 0.835. The second-order valence-electron chi connectivity index (χ2n) is 7.11. The molecule has 3 N–H and O–H groups in total. The Hall–Kier alpha value is -2.23. The fourth-order valence-electron chi connectivity index (χ4n) is 3.76. The second-order valence-corrected chi connectivity index (χ2v) is 8.27. The summed E-state index contributed by atoms with van der Waals surface area (Å²) in [6.07, 6.45) is -0.111. The summed E-state index contributed by atoms with van der Waals surface area (Å²) in [5.41, 5.74) is 0.774. The van der Waals surface area contributed by atoms with E-state index in [1.54, 1.807) is 18.0 Å². The van der Waals surface area contributed by atoms with Crippen LogP contribution in [0.1, 0.15) is 6.42 Å². The molecule has 3 aliphatic rings. The highest BCUT2D eigenvalue weighted by Crippen LogP contribution is 2.42. The van der Waals surface area contributed by atoms with Crippen LogP contribution in [-0.2, 0) is 4.79 Å². The zero-order chi connectivity index (χ0) is 19.8. The molecule has 1 aromatic carbocycles. The normalized spacial score (nSPS) is 30.4. The number of carbonyl (C=O) groups is 1. The average Bonchev–Trinajstić information content (AvgIpc) is 3.31. The number of aliphatic hydroxyl groups is 2. The number of amidine groups is 1. The highest BCUT2D eigenvalue weighted by atomic mass is 32.2. The van der Waals surface area contributed by atoms with Gasteiger partial charge in [0.15, 0.2) is 16.7 Å². The van der Waals surface area contributed by atoms with E-state index in [1.165, 1.54) is 11.8 Å². The monoisotopic (exact) mass is 405 g/mol. The van der Waals surface area contributed by atoms with Crippen molar-refractivity contribution >= 4 is 28.5 Å². The summed E-state index contributed by atoms with van der Waals surface area (Å²) in [6, 6.07) is 4.94. The Balaban J connectivity index is 1.52. The number of amides is 1. The van der Waals surface area contributed by atoms with Gasteiger partial charge in [-0.25, -0.2) is 0 Å². The minimum Gasteiger partial charge on any atom is -0.454 e. The van der Waals surface area contributed by atoms with Gasteiger partial charge in [-0.05, 0) is 18.6 Å². The lowest BCUT2D eigenvalue weighted by atomic mass is 9.80. The maximum absolute atomic E-state index is 12.8. The molecule has 28 heavy (non-hydrogen) atoms. The molecule has 2 aliphatic heterocycles. The Labute approximate surface area is 167 Å². The minimum atomic E-state index is -0.998. The third kappa shape index (κ3) is 3.45. The van der Waals surface area contributed by atoms with Crippen LogP contribution < -0.4 is 14.8 Å². The van der Waals surface area contributed by atoms with E-state index in [2.05, 4.69) is 16.9 Å². The van der Waals surface area contributed by atoms with E-state index >= 15 is 0 Å². The molecule has 9 heteroatoms. The lowest BCUT2D eigenvalue weighted by Gasteiger charge is -2.38. The number of anilines is 1. The number of likely N-dealkylation sites (N-methyl/N-ethyl adjacent to an activating group) is 1. The number of aliphatic imine (C=N–C) groups is 1. The number of rotatable bonds is 4. The van der Waals surface area contributed by atoms with Gasteiger partial charge < -0.3 is 29.9 Å². The van der Waals surface area contributed by atoms with Gasteiger partial charge in [-0.15, -0.1) is 6.58 Å². The molecule has 0 aromatic heterocycles. The molecular formula is C19H23N3O5S. The van der Waals surface area contributed by atoms with Crippen LogP contribution in [-0.4, -0.2) is 70.1 Å². The van der Waals surface area contributed by atoms with Crippen LogP contribution in [0.3, 0.4) is 0 Å². The van der Waals surface area contributed by atoms with Gasteiger partial charge in [0, 0.05) is 30.6 Å². The van der Waals surface area contributed by atoms with Crippen molar-refractivity contribution in [3.8, 4) is 11.5 Å². The van der Waals surface area contributed by atoms with Crippen molar-refractivity contribution in [3.05, 3.63) is 30.9 Å². The van der Waals surface area contributed by atoms with Gasteiger partial charge in [-0.1, -0.05) is 17.8 Å². The summed E-state index contributed by atoms with van der Waals surface area (Å²) < 4.78 is 10.7. The molecule has 0 saturated heterocycles. The molecule has 1 amide bonds. The number of hydrogen-bond acceptors (Lipinski definition) is 8. The van der Waals surface area contributed by atoms with Gasteiger partial charge in [0.05, 0.1) is 18.1 Å². The number of thioether (sulfide) groups is 1. The number of benzene rings is 1. The van der Waals surface area contributed by atoms with Crippen LogP contribution in [0.5, 0.6) is 11.5 Å². The number of carbonyl (C=O) groups excluding carboxylic acids is 1. The van der Waals surface area contributed by atoms with E-state index in [0.717, 1.165) is 5.69 Å². The maximum Gasteiger partial charge on any atom is 0.231 e. The zero-order valence-electron chi connectivity index (χ0n) is 15.4. The SMILES string of the molecule is C=CCN(C)C(=O)C1CC(O)C(O)C2N=C(Nc3ccc4c(c3)OCO4)SC12. The fourth-order valence-corrected chi connectivity index (χ4v) is 5.13. The van der Waals surface area contributed by atoms with E-state index in [1.807, 2.05) is 18.2 Å². The number of ether oxygens (including phenoxy) is 2. The summed E-state index contributed by atoms with van der Waals surface area (Å²) in [5, 5.41) is 24.3. The molecule has 1 aliphatic carbocycles. The quantitative estimate of drug-likeness (QED) is 0.644. The lowest BCUT2D eigenvalue weighted by Crippen LogP contribution is -2.54. The molecule has 0 radical (unpaired) electrons. The van der Waals surface area contributed by atoms with Crippen molar-refractivity contribution in [2.24, 2.45) is 10.9 Å². The summed E-state index contributed by atoms with van der Waals surface area (Å²) in [4.78, 5) is 19.0. The van der Waals surface area contributed by atoms with Crippen molar-refractivity contribution < 1.29 is 24.5 Å². The second kappa shape index (κ2) is 7.65. The molecular weight excluding hydrogens is 382 g/mol. The largest absolute Gasteiger partial charge is 0.454 e. The summed E-state index contributed by atoms with van der Waals surface area (Å²) >= 11 is 1.42. The van der Waals surface area contributed by atoms with Gasteiger partial charge >= 0.3 is 0 Å². The molecule has 150 valence electrons. The molecule has 1 fully saturated rings. The smallest absolute Gasteiger partial charge is 0.231 e. The topological polar surface area (TPSA) is 104 Å². The Bertz CT molecular complexity index is 817. The van der Waals surface area contributed by atoms with Crippen LogP contribution in [0.25, 0.3) is 0 Å². The van der Waals surface area contributed by atoms with Gasteiger partial charge in [0.25, 0.3) is 0 Å². The number of nitrogens with zero attached hydrogens (tertiary/aromatic N) is 2. The van der Waals surface area contributed by atoms with Crippen molar-refractivity contribution in [2.45, 2.75) is 29.9 Å². The predicted molar refractivity (Wildman–Crippen MR) is 107 cm³/mol. The van der Waals surface area contributed by atoms with Crippen molar-refractivity contribution in [2.75, 3.05) is 25.7 Å². The van der Waals surface area contributed by atoms with Crippen LogP contribution in [0.2, 0.25) is 0 Å². The first-order valence-electron chi connectivity index (χ1n) is 9.11. The molecule has 5 unspecified atom stereocenters. The van der Waals surface area contributed by atoms with Gasteiger partial charge in [0.1, 0.15) is 6.10 Å². The molecule has 4 rings (SSSR count). The number of fused-ring (bicyclic) bond motifs is 2. The highest BCUT2D eigenvalue weighted by Gasteiger charge is 2.50. The third-order valence-corrected chi connectivity index (χ3v) is 6.52. The molecule has 1 saturated carbocycles. The van der Waals surface area contributed by atoms with E-state index < -0.39 is 24.2 Å². The van der Waals surface area contributed by atoms with Crippen LogP contribution in [0.4, 0.5) is 5.69 Å². The molecule has 2 heterocycles. The lowest BCUT2D eigenvalue weighted by molar-refractivity contribution is -0.138. The first-order valence-corrected chi connectivity index (χ1v) is 9.99. The Morgan fingerprint density at radius 3 is 3.00 bits per heavy atom. The Morgan fingerprint density at radius 1 is 1.43 bits per heavy atom. The van der Waals surface area contributed by atoms with Crippen LogP contribution >= 0.6 is 11.8 Å². The Morgan fingerprint density at radius 2 is 2.21 bits per heavy atom. The van der Waals surface area contributed by atoms with Crippen LogP contribution in [0, 0.1) is 5.92 Å². The van der Waals surface area contributed by atoms with Crippen molar-refractivity contribution in [1.29, 1.82) is 0 Å². The van der Waals surface area contributed by atoms with E-state index in [0.29, 0.717) is 23.2 Å². The number of aliphatic hydroxyl groups excluding tert-OH is 2. The fraction of sp³-hybridized carbons (Fsp3) is 0.474. The molecule has 0 spiro atoms. The average molecular weight is 405 g/mol. The molecule has 5 atom stereocenters. The summed E-state index contributed by atoms with van der Waals surface area (Å²) in [6.45, 7) is 4.29. The molecule has 1 aromatic rings. The number of nitrogens with one attached hydrogen (secondary N) is 1. The van der Waals surface area contributed by atoms with Gasteiger partial charge in [-0.3, -0.25) is 9.79 Å². The predicted octanol–water partition coefficient (Wildman–Crippen LogP) is 1.05. The van der Waals surface area contributed by atoms with Crippen molar-refractivity contribution in [3.63, 3.8) is 0 Å².